The zero-order valence-electron chi connectivity index (χ0n) is 18.9. The van der Waals surface area contributed by atoms with Crippen LogP contribution < -0.4 is 20.1 Å². The molecule has 34 heavy (non-hydrogen) atoms. The highest BCUT2D eigenvalue weighted by molar-refractivity contribution is 6.30. The van der Waals surface area contributed by atoms with Gasteiger partial charge in [0.2, 0.25) is 5.95 Å². The quantitative estimate of drug-likeness (QED) is 0.391. The molecule has 7 nitrogen and oxygen atoms in total. The van der Waals surface area contributed by atoms with Crippen molar-refractivity contribution in [2.45, 2.75) is 13.0 Å². The number of benzene rings is 3. The van der Waals surface area contributed by atoms with Gasteiger partial charge in [0.15, 0.2) is 0 Å². The highest BCUT2D eigenvalue weighted by atomic mass is 35.5. The number of fused-ring (bicyclic) bond motifs is 3. The summed E-state index contributed by atoms with van der Waals surface area (Å²) in [7, 11) is 3.21. The topological polar surface area (TPSA) is 77.4 Å². The van der Waals surface area contributed by atoms with E-state index in [1.807, 2.05) is 54.0 Å². The lowest BCUT2D eigenvalue weighted by Gasteiger charge is -2.31. The normalized spacial score (nSPS) is 15.0. The predicted molar refractivity (Wildman–Crippen MR) is 134 cm³/mol. The second kappa shape index (κ2) is 8.76. The number of allylic oxidation sites excluding steroid dienone is 1. The van der Waals surface area contributed by atoms with E-state index in [2.05, 4.69) is 10.6 Å². The van der Waals surface area contributed by atoms with Gasteiger partial charge in [-0.3, -0.25) is 9.36 Å². The van der Waals surface area contributed by atoms with Gasteiger partial charge in [0.25, 0.3) is 5.91 Å². The van der Waals surface area contributed by atoms with Gasteiger partial charge in [0.05, 0.1) is 36.9 Å². The number of rotatable bonds is 5. The molecule has 2 N–H and O–H groups in total. The molecule has 2 heterocycles. The molecule has 1 aromatic heterocycles. The Hall–Kier alpha value is -3.97. The molecule has 1 aliphatic heterocycles. The summed E-state index contributed by atoms with van der Waals surface area (Å²) in [6.07, 6.45) is 0. The Morgan fingerprint density at radius 2 is 1.82 bits per heavy atom. The predicted octanol–water partition coefficient (Wildman–Crippen LogP) is 5.63. The zero-order chi connectivity index (χ0) is 23.8. The number of imidazole rings is 1. The summed E-state index contributed by atoms with van der Waals surface area (Å²) < 4.78 is 13.2. The number of carbonyl (C=O) groups is 1. The number of para-hydroxylation sites is 2. The average Bonchev–Trinajstić information content (AvgIpc) is 3.22. The smallest absolute Gasteiger partial charge is 0.255 e. The summed E-state index contributed by atoms with van der Waals surface area (Å²) in [6.45, 7) is 1.88. The minimum Gasteiger partial charge on any atom is -0.497 e. The summed E-state index contributed by atoms with van der Waals surface area (Å²) in [5.41, 5.74) is 4.45. The van der Waals surface area contributed by atoms with Crippen molar-refractivity contribution in [1.82, 2.24) is 9.55 Å². The molecule has 8 heteroatoms. The van der Waals surface area contributed by atoms with E-state index in [1.165, 1.54) is 0 Å². The molecular weight excluding hydrogens is 452 g/mol. The zero-order valence-corrected chi connectivity index (χ0v) is 19.7. The van der Waals surface area contributed by atoms with Crippen LogP contribution in [0.2, 0.25) is 5.02 Å². The number of aromatic nitrogens is 2. The third kappa shape index (κ3) is 3.74. The fourth-order valence-corrected chi connectivity index (χ4v) is 4.45. The number of amides is 1. The van der Waals surface area contributed by atoms with Crippen molar-refractivity contribution < 1.29 is 14.3 Å². The Morgan fingerprint density at radius 3 is 2.56 bits per heavy atom. The second-order valence-corrected chi connectivity index (χ2v) is 8.37. The van der Waals surface area contributed by atoms with Gasteiger partial charge in [-0.25, -0.2) is 4.98 Å². The monoisotopic (exact) mass is 474 g/mol. The number of methoxy groups -OCH3 is 2. The van der Waals surface area contributed by atoms with Gasteiger partial charge >= 0.3 is 0 Å². The molecule has 0 saturated carbocycles. The van der Waals surface area contributed by atoms with Gasteiger partial charge in [0, 0.05) is 28.0 Å². The third-order valence-corrected chi connectivity index (χ3v) is 6.16. The van der Waals surface area contributed by atoms with Crippen molar-refractivity contribution in [2.24, 2.45) is 0 Å². The largest absolute Gasteiger partial charge is 0.497 e. The summed E-state index contributed by atoms with van der Waals surface area (Å²) in [4.78, 5) is 18.5. The van der Waals surface area contributed by atoms with Gasteiger partial charge in [0.1, 0.15) is 11.5 Å². The lowest BCUT2D eigenvalue weighted by molar-refractivity contribution is -0.113. The van der Waals surface area contributed by atoms with E-state index in [4.69, 9.17) is 26.1 Å². The van der Waals surface area contributed by atoms with E-state index in [0.717, 1.165) is 16.6 Å². The Morgan fingerprint density at radius 1 is 1.06 bits per heavy atom. The van der Waals surface area contributed by atoms with Crippen LogP contribution in [-0.4, -0.2) is 29.7 Å². The lowest BCUT2D eigenvalue weighted by atomic mass is 9.93. The van der Waals surface area contributed by atoms with Crippen LogP contribution in [-0.2, 0) is 4.79 Å². The maximum absolute atomic E-state index is 13.7. The molecule has 1 unspecified atom stereocenters. The first-order valence-corrected chi connectivity index (χ1v) is 11.1. The molecule has 4 aromatic rings. The van der Waals surface area contributed by atoms with Crippen molar-refractivity contribution in [3.8, 4) is 11.5 Å². The van der Waals surface area contributed by atoms with E-state index in [9.17, 15) is 4.79 Å². The van der Waals surface area contributed by atoms with Crippen molar-refractivity contribution in [3.63, 3.8) is 0 Å². The molecule has 1 aliphatic rings. The standard InChI is InChI=1S/C26H23ClN4O3/c1-15-23(25(32)29-17-10-8-16(27)9-11-17)24(19-13-12-18(33-2)14-22(19)34-3)31-21-7-5-4-6-20(21)30-26(31)28-15/h4-14,24H,1-3H3,(H,28,30)(H,29,32). The Bertz CT molecular complexity index is 1430. The highest BCUT2D eigenvalue weighted by Crippen LogP contribution is 2.43. The number of anilines is 2. The third-order valence-electron chi connectivity index (χ3n) is 5.91. The van der Waals surface area contributed by atoms with Crippen LogP contribution in [0, 0.1) is 0 Å². The molecule has 5 rings (SSSR count). The second-order valence-electron chi connectivity index (χ2n) is 7.93. The number of ether oxygens (including phenoxy) is 2. The summed E-state index contributed by atoms with van der Waals surface area (Å²) in [6, 6.07) is 20.0. The van der Waals surface area contributed by atoms with Crippen molar-refractivity contribution in [2.75, 3.05) is 24.9 Å². The van der Waals surface area contributed by atoms with Crippen LogP contribution in [0.1, 0.15) is 18.5 Å². The number of nitrogens with one attached hydrogen (secondary N) is 2. The SMILES string of the molecule is COc1ccc(C2C(C(=O)Nc3ccc(Cl)cc3)=C(C)Nc3nc4ccccc4n32)c(OC)c1. The van der Waals surface area contributed by atoms with E-state index < -0.39 is 6.04 Å². The average molecular weight is 475 g/mol. The highest BCUT2D eigenvalue weighted by Gasteiger charge is 2.35. The van der Waals surface area contributed by atoms with Crippen LogP contribution in [0.3, 0.4) is 0 Å². The Labute approximate surface area is 202 Å². The molecule has 0 radical (unpaired) electrons. The van der Waals surface area contributed by atoms with Gasteiger partial charge in [-0.15, -0.1) is 0 Å². The first-order valence-electron chi connectivity index (χ1n) is 10.7. The molecule has 1 atom stereocenters. The van der Waals surface area contributed by atoms with E-state index in [1.54, 1.807) is 38.5 Å². The van der Waals surface area contributed by atoms with Gasteiger partial charge in [-0.05, 0) is 55.5 Å². The van der Waals surface area contributed by atoms with Crippen molar-refractivity contribution >= 4 is 40.2 Å². The van der Waals surface area contributed by atoms with E-state index in [-0.39, 0.29) is 5.91 Å². The molecule has 3 aromatic carbocycles. The minimum absolute atomic E-state index is 0.237. The van der Waals surface area contributed by atoms with E-state index >= 15 is 0 Å². The van der Waals surface area contributed by atoms with Crippen LogP contribution in [0.15, 0.2) is 78.0 Å². The van der Waals surface area contributed by atoms with E-state index in [0.29, 0.717) is 39.4 Å². The number of halogens is 1. The summed E-state index contributed by atoms with van der Waals surface area (Å²) in [5.74, 6) is 1.70. The summed E-state index contributed by atoms with van der Waals surface area (Å²) in [5, 5.41) is 6.92. The maximum Gasteiger partial charge on any atom is 0.255 e. The Kier molecular flexibility index (Phi) is 5.63. The number of hydrogen-bond donors (Lipinski definition) is 2. The molecule has 0 aliphatic carbocycles. The van der Waals surface area contributed by atoms with Crippen molar-refractivity contribution in [1.29, 1.82) is 0 Å². The fourth-order valence-electron chi connectivity index (χ4n) is 4.33. The number of hydrogen-bond acceptors (Lipinski definition) is 5. The van der Waals surface area contributed by atoms with Gasteiger partial charge in [-0.2, -0.15) is 0 Å². The molecule has 0 spiro atoms. The molecule has 172 valence electrons. The van der Waals surface area contributed by atoms with Crippen molar-refractivity contribution in [3.05, 3.63) is 88.6 Å². The molecule has 0 saturated heterocycles. The molecular formula is C26H23ClN4O3. The summed E-state index contributed by atoms with van der Waals surface area (Å²) >= 11 is 6.01. The van der Waals surface area contributed by atoms with Crippen LogP contribution in [0.5, 0.6) is 11.5 Å². The number of carbonyl (C=O) groups excluding carboxylic acids is 1. The van der Waals surface area contributed by atoms with Gasteiger partial charge < -0.3 is 20.1 Å². The fraction of sp³-hybridized carbons (Fsp3) is 0.154. The molecule has 0 bridgehead atoms. The first kappa shape index (κ1) is 21.9. The first-order chi connectivity index (χ1) is 16.5. The van der Waals surface area contributed by atoms with Crippen LogP contribution in [0.4, 0.5) is 11.6 Å². The van der Waals surface area contributed by atoms with Crippen LogP contribution in [0.25, 0.3) is 11.0 Å². The minimum atomic E-state index is -0.489. The maximum atomic E-state index is 13.7. The molecule has 1 amide bonds. The Balaban J connectivity index is 1.69. The molecule has 0 fully saturated rings. The van der Waals surface area contributed by atoms with Crippen LogP contribution >= 0.6 is 11.6 Å². The van der Waals surface area contributed by atoms with Gasteiger partial charge in [-0.1, -0.05) is 23.7 Å². The lowest BCUT2D eigenvalue weighted by Crippen LogP contribution is -2.31. The number of nitrogens with zero attached hydrogens (tertiary/aromatic N) is 2.